The summed E-state index contributed by atoms with van der Waals surface area (Å²) in [4.78, 5) is 4.69. The van der Waals surface area contributed by atoms with Gasteiger partial charge in [0.2, 0.25) is 6.79 Å². The maximum absolute atomic E-state index is 10.3. The van der Waals surface area contributed by atoms with Crippen LogP contribution in [-0.4, -0.2) is 23.4 Å². The Balaban J connectivity index is 1.81. The van der Waals surface area contributed by atoms with Crippen LogP contribution in [0.25, 0.3) is 22.4 Å². The maximum Gasteiger partial charge on any atom is 0.231 e. The second-order valence-electron chi connectivity index (χ2n) is 7.13. The van der Waals surface area contributed by atoms with Gasteiger partial charge in [0.15, 0.2) is 11.5 Å². The standard InChI is InChI=1S/C22H21ClN2O3/c1-13(2)11-24-22-9-15(14-3-6-20-21(8-14)28-12-27-20)7-18(25-22)17-10-16(23)4-5-19(17)26/h3-10,13,26H,11-12H2,1-2H3,(H,24,25). The Morgan fingerprint density at radius 1 is 1.04 bits per heavy atom. The predicted octanol–water partition coefficient (Wildman–Crippen LogP) is 5.57. The van der Waals surface area contributed by atoms with Crippen LogP contribution in [0.2, 0.25) is 5.02 Å². The normalized spacial score (nSPS) is 12.4. The lowest BCUT2D eigenvalue weighted by Gasteiger charge is -2.14. The highest BCUT2D eigenvalue weighted by atomic mass is 35.5. The fourth-order valence-corrected chi connectivity index (χ4v) is 3.20. The molecule has 0 saturated carbocycles. The Kier molecular flexibility index (Phi) is 5.01. The summed E-state index contributed by atoms with van der Waals surface area (Å²) in [7, 11) is 0. The molecule has 4 rings (SSSR count). The quantitative estimate of drug-likeness (QED) is 0.590. The highest BCUT2D eigenvalue weighted by molar-refractivity contribution is 6.31. The number of phenolic OH excluding ortho intramolecular Hbond substituents is 1. The van der Waals surface area contributed by atoms with Crippen molar-refractivity contribution >= 4 is 17.4 Å². The lowest BCUT2D eigenvalue weighted by molar-refractivity contribution is 0.174. The number of anilines is 1. The van der Waals surface area contributed by atoms with Crippen molar-refractivity contribution in [3.63, 3.8) is 0 Å². The van der Waals surface area contributed by atoms with Gasteiger partial charge in [0.05, 0.1) is 5.69 Å². The van der Waals surface area contributed by atoms with Gasteiger partial charge in [-0.2, -0.15) is 0 Å². The van der Waals surface area contributed by atoms with Crippen LogP contribution in [0.4, 0.5) is 5.82 Å². The number of hydrogen-bond acceptors (Lipinski definition) is 5. The molecule has 0 aliphatic carbocycles. The summed E-state index contributed by atoms with van der Waals surface area (Å²) < 4.78 is 10.9. The van der Waals surface area contributed by atoms with E-state index in [4.69, 9.17) is 21.1 Å². The first-order chi connectivity index (χ1) is 13.5. The Bertz CT molecular complexity index is 1020. The van der Waals surface area contributed by atoms with Gasteiger partial charge in [-0.3, -0.25) is 0 Å². The number of halogens is 1. The van der Waals surface area contributed by atoms with Crippen LogP contribution >= 0.6 is 11.6 Å². The minimum absolute atomic E-state index is 0.134. The Morgan fingerprint density at radius 3 is 2.68 bits per heavy atom. The van der Waals surface area contributed by atoms with Crippen molar-refractivity contribution in [2.75, 3.05) is 18.7 Å². The van der Waals surface area contributed by atoms with Crippen molar-refractivity contribution in [2.24, 2.45) is 5.92 Å². The van der Waals surface area contributed by atoms with E-state index < -0.39 is 0 Å². The van der Waals surface area contributed by atoms with E-state index in [1.807, 2.05) is 30.3 Å². The van der Waals surface area contributed by atoms with Crippen LogP contribution in [0.1, 0.15) is 13.8 Å². The SMILES string of the molecule is CC(C)CNc1cc(-c2ccc3c(c2)OCO3)cc(-c2cc(Cl)ccc2O)n1. The number of phenols is 1. The Labute approximate surface area is 168 Å². The summed E-state index contributed by atoms with van der Waals surface area (Å²) in [6, 6.07) is 14.7. The van der Waals surface area contributed by atoms with E-state index in [1.54, 1.807) is 18.2 Å². The first-order valence-corrected chi connectivity index (χ1v) is 9.52. The van der Waals surface area contributed by atoms with Gasteiger partial charge in [0.25, 0.3) is 0 Å². The molecule has 0 saturated heterocycles. The predicted molar refractivity (Wildman–Crippen MR) is 111 cm³/mol. The number of aromatic nitrogens is 1. The maximum atomic E-state index is 10.3. The molecule has 2 N–H and O–H groups in total. The minimum Gasteiger partial charge on any atom is -0.507 e. The number of rotatable bonds is 5. The van der Waals surface area contributed by atoms with Gasteiger partial charge < -0.3 is 19.9 Å². The molecule has 6 heteroatoms. The molecular formula is C22H21ClN2O3. The zero-order chi connectivity index (χ0) is 19.7. The van der Waals surface area contributed by atoms with Gasteiger partial charge in [0.1, 0.15) is 11.6 Å². The van der Waals surface area contributed by atoms with E-state index in [-0.39, 0.29) is 12.5 Å². The fourth-order valence-electron chi connectivity index (χ4n) is 3.02. The molecule has 5 nitrogen and oxygen atoms in total. The third kappa shape index (κ3) is 3.85. The lowest BCUT2D eigenvalue weighted by atomic mass is 10.0. The summed E-state index contributed by atoms with van der Waals surface area (Å²) in [6.45, 7) is 5.30. The van der Waals surface area contributed by atoms with Gasteiger partial charge >= 0.3 is 0 Å². The van der Waals surface area contributed by atoms with Gasteiger partial charge in [-0.1, -0.05) is 31.5 Å². The third-order valence-electron chi connectivity index (χ3n) is 4.46. The number of benzene rings is 2. The first kappa shape index (κ1) is 18.4. The van der Waals surface area contributed by atoms with Crippen LogP contribution in [0.3, 0.4) is 0 Å². The molecule has 1 aliphatic heterocycles. The molecule has 2 heterocycles. The van der Waals surface area contributed by atoms with Crippen LogP contribution in [-0.2, 0) is 0 Å². The van der Waals surface area contributed by atoms with Crippen molar-refractivity contribution in [2.45, 2.75) is 13.8 Å². The highest BCUT2D eigenvalue weighted by Gasteiger charge is 2.16. The van der Waals surface area contributed by atoms with Crippen LogP contribution in [0.5, 0.6) is 17.2 Å². The number of aromatic hydroxyl groups is 1. The van der Waals surface area contributed by atoms with Crippen molar-refractivity contribution in [1.29, 1.82) is 0 Å². The van der Waals surface area contributed by atoms with E-state index >= 15 is 0 Å². The molecule has 1 aliphatic rings. The number of nitrogens with one attached hydrogen (secondary N) is 1. The average molecular weight is 397 g/mol. The molecule has 0 amide bonds. The van der Waals surface area contributed by atoms with E-state index in [1.165, 1.54) is 0 Å². The van der Waals surface area contributed by atoms with Crippen molar-refractivity contribution < 1.29 is 14.6 Å². The van der Waals surface area contributed by atoms with E-state index in [9.17, 15) is 5.11 Å². The number of nitrogens with zero attached hydrogens (tertiary/aromatic N) is 1. The fraction of sp³-hybridized carbons (Fsp3) is 0.227. The molecule has 0 atom stereocenters. The van der Waals surface area contributed by atoms with Gasteiger partial charge in [-0.05, 0) is 59.5 Å². The van der Waals surface area contributed by atoms with Gasteiger partial charge in [0, 0.05) is 17.1 Å². The topological polar surface area (TPSA) is 63.6 Å². The zero-order valence-electron chi connectivity index (χ0n) is 15.7. The second-order valence-corrected chi connectivity index (χ2v) is 7.57. The lowest BCUT2D eigenvalue weighted by Crippen LogP contribution is -2.09. The summed E-state index contributed by atoms with van der Waals surface area (Å²) in [5, 5.41) is 14.2. The Hall–Kier alpha value is -2.92. The molecule has 0 unspecified atom stereocenters. The van der Waals surface area contributed by atoms with E-state index in [2.05, 4.69) is 24.1 Å². The third-order valence-corrected chi connectivity index (χ3v) is 4.69. The molecular weight excluding hydrogens is 376 g/mol. The molecule has 0 spiro atoms. The van der Waals surface area contributed by atoms with Crippen LogP contribution < -0.4 is 14.8 Å². The highest BCUT2D eigenvalue weighted by Crippen LogP contribution is 2.38. The first-order valence-electron chi connectivity index (χ1n) is 9.14. The monoisotopic (exact) mass is 396 g/mol. The second kappa shape index (κ2) is 7.60. The smallest absolute Gasteiger partial charge is 0.231 e. The Morgan fingerprint density at radius 2 is 1.86 bits per heavy atom. The summed E-state index contributed by atoms with van der Waals surface area (Å²) in [5.74, 6) is 2.80. The number of fused-ring (bicyclic) bond motifs is 1. The van der Waals surface area contributed by atoms with Crippen molar-refractivity contribution in [3.05, 3.63) is 53.6 Å². The molecule has 28 heavy (non-hydrogen) atoms. The molecule has 1 aromatic heterocycles. The average Bonchev–Trinajstić information content (AvgIpc) is 3.16. The van der Waals surface area contributed by atoms with E-state index in [0.29, 0.717) is 22.2 Å². The molecule has 144 valence electrons. The summed E-state index contributed by atoms with van der Waals surface area (Å²) in [5.41, 5.74) is 3.15. The molecule has 2 aromatic carbocycles. The van der Waals surface area contributed by atoms with Crippen LogP contribution in [0, 0.1) is 5.92 Å². The van der Waals surface area contributed by atoms with Gasteiger partial charge in [-0.25, -0.2) is 4.98 Å². The molecule has 3 aromatic rings. The number of ether oxygens (including phenoxy) is 2. The van der Waals surface area contributed by atoms with E-state index in [0.717, 1.165) is 35.0 Å². The number of hydrogen-bond donors (Lipinski definition) is 2. The number of pyridine rings is 1. The zero-order valence-corrected chi connectivity index (χ0v) is 16.5. The molecule has 0 radical (unpaired) electrons. The van der Waals surface area contributed by atoms with Crippen molar-refractivity contribution in [3.8, 4) is 39.6 Å². The van der Waals surface area contributed by atoms with Crippen LogP contribution in [0.15, 0.2) is 48.5 Å². The van der Waals surface area contributed by atoms with Crippen molar-refractivity contribution in [1.82, 2.24) is 4.98 Å². The largest absolute Gasteiger partial charge is 0.507 e. The minimum atomic E-state index is 0.134. The van der Waals surface area contributed by atoms with Gasteiger partial charge in [-0.15, -0.1) is 0 Å². The molecule has 0 fully saturated rings. The summed E-state index contributed by atoms with van der Waals surface area (Å²) >= 11 is 6.15. The molecule has 0 bridgehead atoms. The summed E-state index contributed by atoms with van der Waals surface area (Å²) in [6.07, 6.45) is 0.